The van der Waals surface area contributed by atoms with Crippen LogP contribution in [0.1, 0.15) is 11.1 Å². The zero-order chi connectivity index (χ0) is 16.5. The van der Waals surface area contributed by atoms with E-state index in [1.54, 1.807) is 0 Å². The van der Waals surface area contributed by atoms with Crippen LogP contribution in [0.4, 0.5) is 0 Å². The molecule has 2 N–H and O–H groups in total. The largest absolute Gasteiger partial charge is 0.396 e. The fourth-order valence-corrected chi connectivity index (χ4v) is 3.64. The predicted octanol–water partition coefficient (Wildman–Crippen LogP) is 4.22. The average molecular weight is 316 g/mol. The van der Waals surface area contributed by atoms with E-state index in [0.717, 1.165) is 5.56 Å². The topological polar surface area (TPSA) is 40.5 Å². The molecule has 0 radical (unpaired) electrons. The fourth-order valence-electron chi connectivity index (χ4n) is 3.64. The molecule has 0 aliphatic rings. The monoisotopic (exact) mass is 316 g/mol. The summed E-state index contributed by atoms with van der Waals surface area (Å²) in [6, 6.07) is 21.4. The first-order chi connectivity index (χ1) is 11.8. The molecule has 0 atom stereocenters. The second-order valence-electron chi connectivity index (χ2n) is 6.24. The quantitative estimate of drug-likeness (QED) is 0.554. The van der Waals surface area contributed by atoms with Crippen LogP contribution < -0.4 is 0 Å². The van der Waals surface area contributed by atoms with Crippen LogP contribution in [0.25, 0.3) is 32.3 Å². The van der Waals surface area contributed by atoms with Crippen LogP contribution in [-0.2, 0) is 12.8 Å². The lowest BCUT2D eigenvalue weighted by Gasteiger charge is -2.13. The Balaban J connectivity index is 2.12. The maximum Gasteiger partial charge on any atom is 0.0471 e. The molecule has 4 aromatic carbocycles. The highest BCUT2D eigenvalue weighted by molar-refractivity contribution is 6.18. The van der Waals surface area contributed by atoms with Gasteiger partial charge in [-0.25, -0.2) is 0 Å². The molecule has 24 heavy (non-hydrogen) atoms. The van der Waals surface area contributed by atoms with Gasteiger partial charge in [0.2, 0.25) is 0 Å². The summed E-state index contributed by atoms with van der Waals surface area (Å²) in [5.74, 6) is 0. The molecule has 2 heteroatoms. The van der Waals surface area contributed by atoms with Crippen molar-refractivity contribution >= 4 is 32.3 Å². The first-order valence-corrected chi connectivity index (χ1v) is 8.39. The Labute approximate surface area is 141 Å². The van der Waals surface area contributed by atoms with Crippen molar-refractivity contribution in [2.24, 2.45) is 0 Å². The molecule has 0 heterocycles. The van der Waals surface area contributed by atoms with Crippen molar-refractivity contribution in [1.82, 2.24) is 0 Å². The molecular formula is C22H20O2. The molecular weight excluding hydrogens is 296 g/mol. The minimum Gasteiger partial charge on any atom is -0.396 e. The SMILES string of the molecule is OCCc1ccc2ccc3c4ccccc4c(CCO)cc3c2c1. The molecule has 4 aromatic rings. The summed E-state index contributed by atoms with van der Waals surface area (Å²) in [7, 11) is 0. The van der Waals surface area contributed by atoms with Crippen molar-refractivity contribution in [3.05, 3.63) is 71.8 Å². The summed E-state index contributed by atoms with van der Waals surface area (Å²) in [6.45, 7) is 0.311. The summed E-state index contributed by atoms with van der Waals surface area (Å²) >= 11 is 0. The number of hydrogen-bond acceptors (Lipinski definition) is 2. The van der Waals surface area contributed by atoms with E-state index in [0.29, 0.717) is 12.8 Å². The Morgan fingerprint density at radius 3 is 2.08 bits per heavy atom. The average Bonchev–Trinajstić information content (AvgIpc) is 2.62. The molecule has 0 bridgehead atoms. The van der Waals surface area contributed by atoms with Gasteiger partial charge in [0.1, 0.15) is 0 Å². The molecule has 4 rings (SSSR count). The normalized spacial score (nSPS) is 11.6. The Bertz CT molecular complexity index is 1030. The number of rotatable bonds is 4. The van der Waals surface area contributed by atoms with E-state index >= 15 is 0 Å². The van der Waals surface area contributed by atoms with E-state index in [1.165, 1.54) is 37.9 Å². The molecule has 0 spiro atoms. The van der Waals surface area contributed by atoms with Gasteiger partial charge in [0.05, 0.1) is 0 Å². The van der Waals surface area contributed by atoms with Gasteiger partial charge in [0, 0.05) is 13.2 Å². The Morgan fingerprint density at radius 1 is 0.583 bits per heavy atom. The molecule has 0 amide bonds. The van der Waals surface area contributed by atoms with Crippen molar-refractivity contribution in [1.29, 1.82) is 0 Å². The van der Waals surface area contributed by atoms with E-state index in [-0.39, 0.29) is 13.2 Å². The Hall–Kier alpha value is -2.42. The second-order valence-corrected chi connectivity index (χ2v) is 6.24. The van der Waals surface area contributed by atoms with Crippen LogP contribution in [0.3, 0.4) is 0 Å². The van der Waals surface area contributed by atoms with Gasteiger partial charge in [-0.3, -0.25) is 0 Å². The number of fused-ring (bicyclic) bond motifs is 5. The van der Waals surface area contributed by atoms with E-state index in [1.807, 2.05) is 0 Å². The zero-order valence-electron chi connectivity index (χ0n) is 13.5. The highest BCUT2D eigenvalue weighted by Crippen LogP contribution is 2.34. The van der Waals surface area contributed by atoms with Crippen molar-refractivity contribution in [3.63, 3.8) is 0 Å². The molecule has 0 saturated carbocycles. The van der Waals surface area contributed by atoms with Gasteiger partial charge in [-0.2, -0.15) is 0 Å². The van der Waals surface area contributed by atoms with Crippen molar-refractivity contribution in [2.45, 2.75) is 12.8 Å². The van der Waals surface area contributed by atoms with Gasteiger partial charge in [-0.05, 0) is 62.4 Å². The van der Waals surface area contributed by atoms with Crippen molar-refractivity contribution in [2.75, 3.05) is 13.2 Å². The summed E-state index contributed by atoms with van der Waals surface area (Å²) in [4.78, 5) is 0. The van der Waals surface area contributed by atoms with Gasteiger partial charge >= 0.3 is 0 Å². The lowest BCUT2D eigenvalue weighted by Crippen LogP contribution is -1.94. The molecule has 0 aromatic heterocycles. The van der Waals surface area contributed by atoms with Crippen molar-refractivity contribution in [3.8, 4) is 0 Å². The maximum absolute atomic E-state index is 9.45. The summed E-state index contributed by atoms with van der Waals surface area (Å²) in [5.41, 5.74) is 2.33. The minimum absolute atomic E-state index is 0.149. The summed E-state index contributed by atoms with van der Waals surface area (Å²) in [6.07, 6.45) is 1.33. The minimum atomic E-state index is 0.149. The van der Waals surface area contributed by atoms with Crippen LogP contribution in [0.15, 0.2) is 60.7 Å². The van der Waals surface area contributed by atoms with Crippen LogP contribution in [0.2, 0.25) is 0 Å². The van der Waals surface area contributed by atoms with Crippen molar-refractivity contribution < 1.29 is 10.2 Å². The summed E-state index contributed by atoms with van der Waals surface area (Å²) < 4.78 is 0. The third-order valence-corrected chi connectivity index (χ3v) is 4.79. The lowest BCUT2D eigenvalue weighted by atomic mass is 9.92. The lowest BCUT2D eigenvalue weighted by molar-refractivity contribution is 0.299. The van der Waals surface area contributed by atoms with Gasteiger partial charge in [-0.15, -0.1) is 0 Å². The summed E-state index contributed by atoms with van der Waals surface area (Å²) in [5, 5.41) is 26.0. The van der Waals surface area contributed by atoms with Crippen LogP contribution in [0.5, 0.6) is 0 Å². The molecule has 0 fully saturated rings. The van der Waals surface area contributed by atoms with E-state index in [4.69, 9.17) is 0 Å². The van der Waals surface area contributed by atoms with Crippen LogP contribution >= 0.6 is 0 Å². The zero-order valence-corrected chi connectivity index (χ0v) is 13.5. The highest BCUT2D eigenvalue weighted by atomic mass is 16.3. The van der Waals surface area contributed by atoms with Crippen LogP contribution in [0, 0.1) is 0 Å². The third kappa shape index (κ3) is 2.44. The third-order valence-electron chi connectivity index (χ3n) is 4.79. The van der Waals surface area contributed by atoms with Gasteiger partial charge in [-0.1, -0.05) is 54.6 Å². The Kier molecular flexibility index (Phi) is 3.93. The molecule has 0 unspecified atom stereocenters. The van der Waals surface area contributed by atoms with E-state index in [2.05, 4.69) is 60.7 Å². The molecule has 0 aliphatic heterocycles. The standard InChI is InChI=1S/C22H20O2/c23-11-9-15-5-6-16-7-8-20-19-4-2-1-3-18(19)17(10-12-24)14-22(20)21(16)13-15/h1-8,13-14,23-24H,9-12H2. The van der Waals surface area contributed by atoms with Gasteiger partial charge < -0.3 is 10.2 Å². The number of aliphatic hydroxyl groups is 2. The molecule has 2 nitrogen and oxygen atoms in total. The highest BCUT2D eigenvalue weighted by Gasteiger charge is 2.09. The predicted molar refractivity (Wildman–Crippen MR) is 101 cm³/mol. The first-order valence-electron chi connectivity index (χ1n) is 8.39. The molecule has 0 saturated heterocycles. The number of hydrogen-bond donors (Lipinski definition) is 2. The smallest absolute Gasteiger partial charge is 0.0471 e. The number of benzene rings is 4. The van der Waals surface area contributed by atoms with Crippen LogP contribution in [-0.4, -0.2) is 23.4 Å². The van der Waals surface area contributed by atoms with E-state index in [9.17, 15) is 10.2 Å². The Morgan fingerprint density at radius 2 is 1.29 bits per heavy atom. The molecule has 0 aliphatic carbocycles. The number of aliphatic hydroxyl groups excluding tert-OH is 2. The maximum atomic E-state index is 9.45. The fraction of sp³-hybridized carbons (Fsp3) is 0.182. The van der Waals surface area contributed by atoms with Gasteiger partial charge in [0.15, 0.2) is 0 Å². The molecule has 120 valence electrons. The van der Waals surface area contributed by atoms with Gasteiger partial charge in [0.25, 0.3) is 0 Å². The second kappa shape index (κ2) is 6.23. The first kappa shape index (κ1) is 15.1. The van der Waals surface area contributed by atoms with E-state index < -0.39 is 0 Å².